The van der Waals surface area contributed by atoms with Crippen LogP contribution in [0.4, 0.5) is 34.1 Å². The van der Waals surface area contributed by atoms with Gasteiger partial charge in [0.2, 0.25) is 0 Å². The van der Waals surface area contributed by atoms with Gasteiger partial charge in [-0.2, -0.15) is 0 Å². The summed E-state index contributed by atoms with van der Waals surface area (Å²) >= 11 is 5.60. The second-order valence-corrected chi connectivity index (χ2v) is 21.7. The zero-order chi connectivity index (χ0) is 47.3. The summed E-state index contributed by atoms with van der Waals surface area (Å²) in [5.74, 6) is 0. The van der Waals surface area contributed by atoms with E-state index in [0.717, 1.165) is 39.8 Å². The SMILES string of the molecule is c1ccc(N(c2ccc3sc4ccccc4c3c2)c2cc(N(c3ccccc3)c3ccc4sc5ccccc5c4c3)c3sc4ccc(-c5cccc6c5c5ccccc5n6-c5ccccc5)cc4c3c2)cc1. The van der Waals surface area contributed by atoms with E-state index in [1.807, 2.05) is 34.0 Å². The zero-order valence-electron chi connectivity index (χ0n) is 38.7. The maximum absolute atomic E-state index is 2.49. The topological polar surface area (TPSA) is 11.4 Å². The molecule has 6 heteroatoms. The molecule has 0 unspecified atom stereocenters. The predicted molar refractivity (Wildman–Crippen MR) is 314 cm³/mol. The van der Waals surface area contributed by atoms with Crippen LogP contribution in [0.15, 0.2) is 249 Å². The van der Waals surface area contributed by atoms with Crippen LogP contribution in [0.25, 0.3) is 99.1 Å². The fourth-order valence-corrected chi connectivity index (χ4v) is 14.5. The zero-order valence-corrected chi connectivity index (χ0v) is 41.2. The third kappa shape index (κ3) is 6.54. The van der Waals surface area contributed by atoms with Gasteiger partial charge in [-0.15, -0.1) is 34.0 Å². The van der Waals surface area contributed by atoms with Gasteiger partial charge in [0.15, 0.2) is 0 Å². The minimum absolute atomic E-state index is 1.09. The summed E-state index contributed by atoms with van der Waals surface area (Å²) in [6, 6.07) is 91.9. The van der Waals surface area contributed by atoms with Crippen LogP contribution in [0.1, 0.15) is 0 Å². The van der Waals surface area contributed by atoms with Crippen LogP contribution in [-0.2, 0) is 0 Å². The second kappa shape index (κ2) is 16.5. The van der Waals surface area contributed by atoms with Crippen LogP contribution in [0.2, 0.25) is 0 Å². The fourth-order valence-electron chi connectivity index (χ4n) is 11.2. The van der Waals surface area contributed by atoms with E-state index in [4.69, 9.17) is 0 Å². The lowest BCUT2D eigenvalue weighted by molar-refractivity contribution is 1.18. The molecule has 0 saturated heterocycles. The van der Waals surface area contributed by atoms with E-state index in [0.29, 0.717) is 0 Å². The van der Waals surface area contributed by atoms with Crippen molar-refractivity contribution < 1.29 is 0 Å². The molecule has 0 aliphatic carbocycles. The first-order chi connectivity index (χ1) is 35.7. The smallest absolute Gasteiger partial charge is 0.0661 e. The Bertz CT molecular complexity index is 4580. The Labute approximate surface area is 427 Å². The van der Waals surface area contributed by atoms with Crippen molar-refractivity contribution in [3.05, 3.63) is 249 Å². The Morgan fingerprint density at radius 2 is 0.792 bits per heavy atom. The molecule has 0 aliphatic rings. The number of aromatic nitrogens is 1. The van der Waals surface area contributed by atoms with Gasteiger partial charge < -0.3 is 14.4 Å². The summed E-state index contributed by atoms with van der Waals surface area (Å²) < 4.78 is 10.1. The Kier molecular flexibility index (Phi) is 9.48. The Morgan fingerprint density at radius 1 is 0.292 bits per heavy atom. The number of rotatable bonds is 8. The third-order valence-corrected chi connectivity index (χ3v) is 17.8. The highest BCUT2D eigenvalue weighted by atomic mass is 32.1. The molecule has 0 amide bonds. The number of para-hydroxylation sites is 4. The molecule has 15 aromatic rings. The van der Waals surface area contributed by atoms with Crippen molar-refractivity contribution in [2.75, 3.05) is 9.80 Å². The van der Waals surface area contributed by atoms with Gasteiger partial charge in [-0.3, -0.25) is 0 Å². The molecule has 0 radical (unpaired) electrons. The molecule has 0 atom stereocenters. The number of nitrogens with zero attached hydrogens (tertiary/aromatic N) is 3. The van der Waals surface area contributed by atoms with E-state index in [1.54, 1.807) is 0 Å². The van der Waals surface area contributed by atoms with E-state index in [2.05, 4.69) is 263 Å². The molecule has 0 saturated carbocycles. The second-order valence-electron chi connectivity index (χ2n) is 18.4. The molecular formula is C66H41N3S3. The minimum atomic E-state index is 1.09. The standard InChI is InChI=1S/C66H41N3S3/c1-4-17-43(18-5-1)67(46-32-35-62-54(38-46)50-23-11-14-29-60(50)70-62)48-40-56-53-37-42(49-26-16-28-58-65(49)52-25-10-13-27-57(52)69(58)45-21-8-3-9-22-45)31-34-64(53)72-66(56)59(41-48)68(44-19-6-2-7-20-44)47-33-36-63-55(39-47)51-24-12-15-30-61(51)71-63/h1-41H. The molecule has 4 heterocycles. The molecule has 4 aromatic heterocycles. The van der Waals surface area contributed by atoms with Crippen molar-refractivity contribution in [1.82, 2.24) is 4.57 Å². The molecule has 338 valence electrons. The number of fused-ring (bicyclic) bond motifs is 12. The van der Waals surface area contributed by atoms with Gasteiger partial charge in [0.25, 0.3) is 0 Å². The van der Waals surface area contributed by atoms with Gasteiger partial charge in [0, 0.05) is 101 Å². The first kappa shape index (κ1) is 41.3. The van der Waals surface area contributed by atoms with Gasteiger partial charge in [-0.25, -0.2) is 0 Å². The van der Waals surface area contributed by atoms with Crippen molar-refractivity contribution in [3.8, 4) is 16.8 Å². The Balaban J connectivity index is 1.02. The highest BCUT2D eigenvalue weighted by Gasteiger charge is 2.25. The summed E-state index contributed by atoms with van der Waals surface area (Å²) in [6.45, 7) is 0. The van der Waals surface area contributed by atoms with Crippen LogP contribution >= 0.6 is 34.0 Å². The van der Waals surface area contributed by atoms with E-state index in [9.17, 15) is 0 Å². The lowest BCUT2D eigenvalue weighted by Gasteiger charge is -2.30. The number of benzene rings is 11. The maximum Gasteiger partial charge on any atom is 0.0661 e. The number of anilines is 6. The molecule has 3 nitrogen and oxygen atoms in total. The molecular weight excluding hydrogens is 931 g/mol. The average molecular weight is 972 g/mol. The first-order valence-electron chi connectivity index (χ1n) is 24.3. The largest absolute Gasteiger partial charge is 0.310 e. The lowest BCUT2D eigenvalue weighted by atomic mass is 9.97. The molecule has 0 aliphatic heterocycles. The Morgan fingerprint density at radius 3 is 1.47 bits per heavy atom. The van der Waals surface area contributed by atoms with Crippen LogP contribution in [0, 0.1) is 0 Å². The quantitative estimate of drug-likeness (QED) is 0.150. The van der Waals surface area contributed by atoms with Crippen molar-refractivity contribution in [2.24, 2.45) is 0 Å². The van der Waals surface area contributed by atoms with Crippen LogP contribution in [-0.4, -0.2) is 4.57 Å². The highest BCUT2D eigenvalue weighted by molar-refractivity contribution is 7.27. The van der Waals surface area contributed by atoms with Crippen molar-refractivity contribution >= 4 is 150 Å². The number of thiophene rings is 3. The van der Waals surface area contributed by atoms with Gasteiger partial charge in [0.05, 0.1) is 21.4 Å². The van der Waals surface area contributed by atoms with Crippen molar-refractivity contribution in [2.45, 2.75) is 0 Å². The van der Waals surface area contributed by atoms with Crippen LogP contribution in [0.3, 0.4) is 0 Å². The maximum atomic E-state index is 2.49. The Hall–Kier alpha value is -8.52. The summed E-state index contributed by atoms with van der Waals surface area (Å²) in [6.07, 6.45) is 0. The normalized spacial score (nSPS) is 11.9. The first-order valence-corrected chi connectivity index (χ1v) is 26.8. The van der Waals surface area contributed by atoms with E-state index in [1.165, 1.54) is 93.4 Å². The lowest BCUT2D eigenvalue weighted by Crippen LogP contribution is -2.13. The molecule has 15 rings (SSSR count). The van der Waals surface area contributed by atoms with Gasteiger partial charge >= 0.3 is 0 Å². The molecule has 0 fully saturated rings. The third-order valence-electron chi connectivity index (χ3n) is 14.3. The van der Waals surface area contributed by atoms with E-state index in [-0.39, 0.29) is 0 Å². The monoisotopic (exact) mass is 971 g/mol. The average Bonchev–Trinajstić information content (AvgIpc) is 4.21. The summed E-state index contributed by atoms with van der Waals surface area (Å²) in [7, 11) is 0. The van der Waals surface area contributed by atoms with Crippen LogP contribution < -0.4 is 9.80 Å². The van der Waals surface area contributed by atoms with Gasteiger partial charge in [0.1, 0.15) is 0 Å². The van der Waals surface area contributed by atoms with E-state index >= 15 is 0 Å². The minimum Gasteiger partial charge on any atom is -0.310 e. The number of hydrogen-bond acceptors (Lipinski definition) is 5. The molecule has 72 heavy (non-hydrogen) atoms. The van der Waals surface area contributed by atoms with Gasteiger partial charge in [-0.1, -0.05) is 127 Å². The molecule has 0 bridgehead atoms. The van der Waals surface area contributed by atoms with Gasteiger partial charge in [-0.05, 0) is 132 Å². The van der Waals surface area contributed by atoms with Crippen molar-refractivity contribution in [1.29, 1.82) is 0 Å². The van der Waals surface area contributed by atoms with E-state index < -0.39 is 0 Å². The summed E-state index contributed by atoms with van der Waals surface area (Å²) in [5, 5.41) is 10.1. The molecule has 0 N–H and O–H groups in total. The summed E-state index contributed by atoms with van der Waals surface area (Å²) in [4.78, 5) is 4.95. The van der Waals surface area contributed by atoms with Crippen LogP contribution in [0.5, 0.6) is 0 Å². The predicted octanol–water partition coefficient (Wildman–Crippen LogP) is 20.5. The molecule has 11 aromatic carbocycles. The van der Waals surface area contributed by atoms with Crippen molar-refractivity contribution in [3.63, 3.8) is 0 Å². The highest BCUT2D eigenvalue weighted by Crippen LogP contribution is 2.51. The fraction of sp³-hybridized carbons (Fsp3) is 0. The summed E-state index contributed by atoms with van der Waals surface area (Å²) in [5.41, 5.74) is 12.6. The number of hydrogen-bond donors (Lipinski definition) is 0. The molecule has 0 spiro atoms.